The lowest BCUT2D eigenvalue weighted by molar-refractivity contribution is 0.0742. The minimum Gasteiger partial charge on any atom is -0.335 e. The zero-order chi connectivity index (χ0) is 19.6. The van der Waals surface area contributed by atoms with E-state index in [1.54, 1.807) is 24.1 Å². The molecule has 3 rings (SSSR count). The number of amides is 1. The van der Waals surface area contributed by atoms with Crippen molar-refractivity contribution in [2.45, 2.75) is 33.4 Å². The molecule has 0 aliphatic heterocycles. The molecular formula is C22H24FN3O. The number of benzene rings is 2. The van der Waals surface area contributed by atoms with Crippen molar-refractivity contribution in [2.75, 3.05) is 7.05 Å². The Balaban J connectivity index is 1.71. The zero-order valence-electron chi connectivity index (χ0n) is 16.1. The summed E-state index contributed by atoms with van der Waals surface area (Å²) in [6.45, 7) is 6.62. The number of hydrogen-bond donors (Lipinski definition) is 0. The topological polar surface area (TPSA) is 38.1 Å². The number of carbonyl (C=O) groups excluding carboxylic acids is 1. The van der Waals surface area contributed by atoms with Crippen LogP contribution in [0.5, 0.6) is 0 Å². The predicted molar refractivity (Wildman–Crippen MR) is 104 cm³/mol. The van der Waals surface area contributed by atoms with Crippen molar-refractivity contribution in [3.63, 3.8) is 0 Å². The number of aromatic nitrogens is 2. The van der Waals surface area contributed by atoms with Gasteiger partial charge in [0.1, 0.15) is 5.82 Å². The highest BCUT2D eigenvalue weighted by Gasteiger charge is 2.19. The molecule has 3 aromatic rings. The molecule has 2 aromatic carbocycles. The SMILES string of the molecule is Cc1cc(C)n(Cc2ccc(C(=O)N(C)[C@@H](C)c3ccc(F)cc3)cc2)n1. The van der Waals surface area contributed by atoms with E-state index in [4.69, 9.17) is 0 Å². The molecule has 1 heterocycles. The zero-order valence-corrected chi connectivity index (χ0v) is 16.1. The van der Waals surface area contributed by atoms with Gasteiger partial charge in [-0.15, -0.1) is 0 Å². The van der Waals surface area contributed by atoms with Gasteiger partial charge in [-0.3, -0.25) is 9.48 Å². The highest BCUT2D eigenvalue weighted by molar-refractivity contribution is 5.94. The lowest BCUT2D eigenvalue weighted by Gasteiger charge is -2.25. The molecule has 0 N–H and O–H groups in total. The summed E-state index contributed by atoms with van der Waals surface area (Å²) in [5.74, 6) is -0.345. The fourth-order valence-electron chi connectivity index (χ4n) is 3.11. The van der Waals surface area contributed by atoms with E-state index in [0.29, 0.717) is 12.1 Å². The summed E-state index contributed by atoms with van der Waals surface area (Å²) in [6.07, 6.45) is 0. The van der Waals surface area contributed by atoms with Crippen molar-refractivity contribution in [1.29, 1.82) is 0 Å². The quantitative estimate of drug-likeness (QED) is 0.667. The van der Waals surface area contributed by atoms with Crippen LogP contribution in [0.4, 0.5) is 4.39 Å². The Bertz CT molecular complexity index is 929. The molecule has 1 atom stereocenters. The van der Waals surface area contributed by atoms with Crippen molar-refractivity contribution >= 4 is 5.91 Å². The first-order valence-electron chi connectivity index (χ1n) is 8.98. The van der Waals surface area contributed by atoms with E-state index in [-0.39, 0.29) is 17.8 Å². The van der Waals surface area contributed by atoms with Crippen LogP contribution in [0.1, 0.15) is 45.8 Å². The Morgan fingerprint density at radius 3 is 2.30 bits per heavy atom. The van der Waals surface area contributed by atoms with Crippen LogP contribution < -0.4 is 0 Å². The number of halogens is 1. The molecule has 0 bridgehead atoms. The summed E-state index contributed by atoms with van der Waals surface area (Å²) in [5, 5.41) is 4.47. The number of rotatable bonds is 5. The first kappa shape index (κ1) is 18.8. The monoisotopic (exact) mass is 365 g/mol. The molecule has 1 aromatic heterocycles. The normalized spacial score (nSPS) is 12.0. The Morgan fingerprint density at radius 2 is 1.74 bits per heavy atom. The van der Waals surface area contributed by atoms with Crippen LogP contribution in [-0.2, 0) is 6.54 Å². The second-order valence-corrected chi connectivity index (χ2v) is 6.93. The average Bonchev–Trinajstić information content (AvgIpc) is 2.98. The van der Waals surface area contributed by atoms with Gasteiger partial charge in [-0.1, -0.05) is 24.3 Å². The minimum absolute atomic E-state index is 0.0653. The van der Waals surface area contributed by atoms with Crippen molar-refractivity contribution < 1.29 is 9.18 Å². The third-order valence-corrected chi connectivity index (χ3v) is 4.89. The molecule has 0 unspecified atom stereocenters. The third-order valence-electron chi connectivity index (χ3n) is 4.89. The molecule has 0 radical (unpaired) electrons. The number of carbonyl (C=O) groups is 1. The maximum Gasteiger partial charge on any atom is 0.254 e. The van der Waals surface area contributed by atoms with Gasteiger partial charge in [0.2, 0.25) is 0 Å². The summed E-state index contributed by atoms with van der Waals surface area (Å²) in [6, 6.07) is 15.8. The van der Waals surface area contributed by atoms with Gasteiger partial charge < -0.3 is 4.90 Å². The fourth-order valence-corrected chi connectivity index (χ4v) is 3.11. The molecule has 0 spiro atoms. The molecule has 4 nitrogen and oxygen atoms in total. The smallest absolute Gasteiger partial charge is 0.254 e. The first-order chi connectivity index (χ1) is 12.8. The highest BCUT2D eigenvalue weighted by atomic mass is 19.1. The van der Waals surface area contributed by atoms with Gasteiger partial charge in [-0.2, -0.15) is 5.10 Å². The molecule has 0 saturated heterocycles. The van der Waals surface area contributed by atoms with Crippen molar-refractivity contribution in [1.82, 2.24) is 14.7 Å². The summed E-state index contributed by atoms with van der Waals surface area (Å²) in [5.41, 5.74) is 4.72. The van der Waals surface area contributed by atoms with Crippen LogP contribution in [0.15, 0.2) is 54.6 Å². The van der Waals surface area contributed by atoms with Gasteiger partial charge >= 0.3 is 0 Å². The third kappa shape index (κ3) is 4.25. The summed E-state index contributed by atoms with van der Waals surface area (Å²) < 4.78 is 15.1. The van der Waals surface area contributed by atoms with Crippen LogP contribution in [0.2, 0.25) is 0 Å². The lowest BCUT2D eigenvalue weighted by Crippen LogP contribution is -2.29. The second-order valence-electron chi connectivity index (χ2n) is 6.93. The Hall–Kier alpha value is -2.95. The van der Waals surface area contributed by atoms with E-state index in [9.17, 15) is 9.18 Å². The fraction of sp³-hybridized carbons (Fsp3) is 0.273. The molecule has 0 saturated carbocycles. The van der Waals surface area contributed by atoms with Crippen LogP contribution in [0, 0.1) is 19.7 Å². The van der Waals surface area contributed by atoms with E-state index >= 15 is 0 Å². The first-order valence-corrected chi connectivity index (χ1v) is 8.98. The summed E-state index contributed by atoms with van der Waals surface area (Å²) in [4.78, 5) is 14.5. The van der Waals surface area contributed by atoms with Crippen LogP contribution >= 0.6 is 0 Å². The lowest BCUT2D eigenvalue weighted by atomic mass is 10.1. The van der Waals surface area contributed by atoms with Gasteiger partial charge in [0.15, 0.2) is 0 Å². The van der Waals surface area contributed by atoms with E-state index in [1.165, 1.54) is 12.1 Å². The minimum atomic E-state index is -0.280. The Kier molecular flexibility index (Phi) is 5.40. The van der Waals surface area contributed by atoms with Gasteiger partial charge in [0, 0.05) is 18.3 Å². The standard InChI is InChI=1S/C22H24FN3O/c1-15-13-16(2)26(24-15)14-18-5-7-20(8-6-18)22(27)25(4)17(3)19-9-11-21(23)12-10-19/h5-13,17H,14H2,1-4H3/t17-/m0/s1. The second kappa shape index (κ2) is 7.74. The molecular weight excluding hydrogens is 341 g/mol. The maximum absolute atomic E-state index is 13.1. The Morgan fingerprint density at radius 1 is 1.11 bits per heavy atom. The van der Waals surface area contributed by atoms with Crippen molar-refractivity contribution in [3.8, 4) is 0 Å². The predicted octanol–water partition coefficient (Wildman–Crippen LogP) is 4.52. The molecule has 27 heavy (non-hydrogen) atoms. The van der Waals surface area contributed by atoms with Crippen molar-refractivity contribution in [2.24, 2.45) is 0 Å². The van der Waals surface area contributed by atoms with Crippen LogP contribution in [0.3, 0.4) is 0 Å². The number of aryl methyl sites for hydroxylation is 2. The van der Waals surface area contributed by atoms with E-state index in [1.807, 2.05) is 55.8 Å². The highest BCUT2D eigenvalue weighted by Crippen LogP contribution is 2.21. The number of nitrogens with zero attached hydrogens (tertiary/aromatic N) is 3. The maximum atomic E-state index is 13.1. The van der Waals surface area contributed by atoms with Gasteiger partial charge in [0.05, 0.1) is 18.3 Å². The van der Waals surface area contributed by atoms with E-state index in [0.717, 1.165) is 22.5 Å². The van der Waals surface area contributed by atoms with Gasteiger partial charge in [-0.25, -0.2) is 4.39 Å². The van der Waals surface area contributed by atoms with Crippen LogP contribution in [0.25, 0.3) is 0 Å². The largest absolute Gasteiger partial charge is 0.335 e. The molecule has 140 valence electrons. The molecule has 5 heteroatoms. The van der Waals surface area contributed by atoms with Crippen molar-refractivity contribution in [3.05, 3.63) is 88.5 Å². The van der Waals surface area contributed by atoms with Gasteiger partial charge in [0.25, 0.3) is 5.91 Å². The molecule has 0 aliphatic rings. The average molecular weight is 365 g/mol. The summed E-state index contributed by atoms with van der Waals surface area (Å²) in [7, 11) is 1.76. The molecule has 0 fully saturated rings. The number of hydrogen-bond acceptors (Lipinski definition) is 2. The molecule has 1 amide bonds. The van der Waals surface area contributed by atoms with Crippen LogP contribution in [-0.4, -0.2) is 27.6 Å². The van der Waals surface area contributed by atoms with E-state index in [2.05, 4.69) is 5.10 Å². The summed E-state index contributed by atoms with van der Waals surface area (Å²) >= 11 is 0. The molecule has 0 aliphatic carbocycles. The Labute approximate surface area is 159 Å². The van der Waals surface area contributed by atoms with E-state index < -0.39 is 0 Å². The van der Waals surface area contributed by atoms with Gasteiger partial charge in [-0.05, 0) is 62.2 Å².